The van der Waals surface area contributed by atoms with Crippen molar-refractivity contribution in [1.82, 2.24) is 14.5 Å². The lowest BCUT2D eigenvalue weighted by Gasteiger charge is -2.30. The topological polar surface area (TPSA) is 81.5 Å². The molecule has 3 heterocycles. The minimum absolute atomic E-state index is 0.0544. The Morgan fingerprint density at radius 2 is 2.03 bits per heavy atom. The summed E-state index contributed by atoms with van der Waals surface area (Å²) in [6.07, 6.45) is 5.95. The summed E-state index contributed by atoms with van der Waals surface area (Å²) in [6, 6.07) is 4.80. The lowest BCUT2D eigenvalue weighted by molar-refractivity contribution is -0.136. The zero-order valence-corrected chi connectivity index (χ0v) is 16.9. The lowest BCUT2D eigenvalue weighted by Crippen LogP contribution is -2.41. The van der Waals surface area contributed by atoms with Gasteiger partial charge in [0.25, 0.3) is 11.5 Å². The average Bonchev–Trinajstić information content (AvgIpc) is 2.97. The number of piperidine rings is 1. The molecule has 7 heteroatoms. The molecule has 2 aliphatic rings. The van der Waals surface area contributed by atoms with Crippen LogP contribution in [0.1, 0.15) is 55.2 Å². The van der Waals surface area contributed by atoms with E-state index in [4.69, 9.17) is 4.74 Å². The number of hydrogen-bond acceptors (Lipinski definition) is 5. The second kappa shape index (κ2) is 8.35. The Hall–Kier alpha value is -2.70. The summed E-state index contributed by atoms with van der Waals surface area (Å²) in [7, 11) is 0. The van der Waals surface area contributed by atoms with Crippen LogP contribution < -0.4 is 5.56 Å². The summed E-state index contributed by atoms with van der Waals surface area (Å²) in [5.74, 6) is 0.527. The average molecular weight is 397 g/mol. The first-order chi connectivity index (χ1) is 14.0. The molecule has 0 N–H and O–H groups in total. The van der Waals surface area contributed by atoms with E-state index in [1.54, 1.807) is 27.7 Å². The van der Waals surface area contributed by atoms with Gasteiger partial charge in [0.2, 0.25) is 0 Å². The van der Waals surface area contributed by atoms with Crippen LogP contribution >= 0.6 is 0 Å². The third-order valence-electron chi connectivity index (χ3n) is 5.89. The van der Waals surface area contributed by atoms with Gasteiger partial charge in [-0.15, -0.1) is 0 Å². The predicted molar refractivity (Wildman–Crippen MR) is 109 cm³/mol. The van der Waals surface area contributed by atoms with Crippen molar-refractivity contribution in [2.75, 3.05) is 19.7 Å². The fourth-order valence-electron chi connectivity index (χ4n) is 4.26. The number of amides is 1. The van der Waals surface area contributed by atoms with E-state index in [-0.39, 0.29) is 18.1 Å². The molecule has 0 aliphatic carbocycles. The Balaban J connectivity index is 1.49. The van der Waals surface area contributed by atoms with E-state index in [1.807, 2.05) is 0 Å². The van der Waals surface area contributed by atoms with Gasteiger partial charge in [-0.2, -0.15) is 0 Å². The highest BCUT2D eigenvalue weighted by atomic mass is 16.5. The highest BCUT2D eigenvalue weighted by Crippen LogP contribution is 2.18. The van der Waals surface area contributed by atoms with Crippen LogP contribution in [0.4, 0.5) is 0 Å². The largest absolute Gasteiger partial charge is 0.452 e. The standard InChI is InChI=1S/C22H27N3O4/c1-15-6-5-10-24(13-15)20(26)14-29-22(28)16-8-9-17-18(12-16)23-19-7-3-2-4-11-25(19)21(17)27/h8-9,12,15H,2-7,10-11,13-14H2,1H3/t15-/m0/s1. The van der Waals surface area contributed by atoms with Crippen LogP contribution in [-0.4, -0.2) is 46.0 Å². The Bertz CT molecular complexity index is 997. The van der Waals surface area contributed by atoms with Crippen molar-refractivity contribution in [3.8, 4) is 0 Å². The quantitative estimate of drug-likeness (QED) is 0.744. The first kappa shape index (κ1) is 19.6. The van der Waals surface area contributed by atoms with Gasteiger partial charge >= 0.3 is 5.97 Å². The molecule has 1 aromatic heterocycles. The highest BCUT2D eigenvalue weighted by Gasteiger charge is 2.22. The molecule has 1 saturated heterocycles. The van der Waals surface area contributed by atoms with E-state index >= 15 is 0 Å². The highest BCUT2D eigenvalue weighted by molar-refractivity contribution is 5.95. The summed E-state index contributed by atoms with van der Waals surface area (Å²) in [4.78, 5) is 44.0. The molecule has 1 aromatic carbocycles. The third-order valence-corrected chi connectivity index (χ3v) is 5.89. The molecule has 0 spiro atoms. The first-order valence-electron chi connectivity index (χ1n) is 10.5. The van der Waals surface area contributed by atoms with Gasteiger partial charge in [0.1, 0.15) is 5.82 Å². The Morgan fingerprint density at radius 3 is 2.86 bits per heavy atom. The second-order valence-corrected chi connectivity index (χ2v) is 8.19. The number of ether oxygens (including phenoxy) is 1. The van der Waals surface area contributed by atoms with Crippen molar-refractivity contribution in [1.29, 1.82) is 0 Å². The van der Waals surface area contributed by atoms with Crippen LogP contribution in [-0.2, 0) is 22.5 Å². The Morgan fingerprint density at radius 1 is 1.17 bits per heavy atom. The number of carbonyl (C=O) groups excluding carboxylic acids is 2. The van der Waals surface area contributed by atoms with Gasteiger partial charge in [-0.3, -0.25) is 14.2 Å². The number of nitrogens with zero attached hydrogens (tertiary/aromatic N) is 3. The van der Waals surface area contributed by atoms with E-state index in [2.05, 4.69) is 11.9 Å². The molecule has 1 fully saturated rings. The van der Waals surface area contributed by atoms with E-state index in [9.17, 15) is 14.4 Å². The summed E-state index contributed by atoms with van der Waals surface area (Å²) in [6.45, 7) is 3.99. The van der Waals surface area contributed by atoms with Crippen LogP contribution in [0.3, 0.4) is 0 Å². The minimum atomic E-state index is -0.567. The Labute approximate surface area is 169 Å². The fourth-order valence-corrected chi connectivity index (χ4v) is 4.26. The minimum Gasteiger partial charge on any atom is -0.452 e. The van der Waals surface area contributed by atoms with E-state index in [0.29, 0.717) is 35.5 Å². The maximum atomic E-state index is 12.8. The number of hydrogen-bond donors (Lipinski definition) is 0. The SMILES string of the molecule is C[C@H]1CCCN(C(=O)COC(=O)c2ccc3c(=O)n4c(nc3c2)CCCCC4)C1. The van der Waals surface area contributed by atoms with Crippen molar-refractivity contribution in [2.24, 2.45) is 5.92 Å². The van der Waals surface area contributed by atoms with Gasteiger partial charge in [-0.05, 0) is 49.8 Å². The van der Waals surface area contributed by atoms with Crippen LogP contribution in [0.15, 0.2) is 23.0 Å². The van der Waals surface area contributed by atoms with Crippen LogP contribution in [0, 0.1) is 5.92 Å². The van der Waals surface area contributed by atoms with Crippen molar-refractivity contribution in [2.45, 2.75) is 52.0 Å². The van der Waals surface area contributed by atoms with Gasteiger partial charge in [0.15, 0.2) is 6.61 Å². The molecule has 29 heavy (non-hydrogen) atoms. The zero-order chi connectivity index (χ0) is 20.4. The van der Waals surface area contributed by atoms with Crippen molar-refractivity contribution in [3.05, 3.63) is 39.9 Å². The molecule has 1 amide bonds. The smallest absolute Gasteiger partial charge is 0.338 e. The van der Waals surface area contributed by atoms with Crippen LogP contribution in [0.5, 0.6) is 0 Å². The number of rotatable bonds is 3. The summed E-state index contributed by atoms with van der Waals surface area (Å²) in [5.41, 5.74) is 0.762. The zero-order valence-electron chi connectivity index (χ0n) is 16.9. The number of carbonyl (C=O) groups is 2. The van der Waals surface area contributed by atoms with Gasteiger partial charge < -0.3 is 9.64 Å². The molecule has 4 rings (SSSR count). The molecule has 0 unspecified atom stereocenters. The van der Waals surface area contributed by atoms with Crippen LogP contribution in [0.2, 0.25) is 0 Å². The molecular formula is C22H27N3O4. The number of aryl methyl sites for hydroxylation is 1. The maximum absolute atomic E-state index is 12.8. The third kappa shape index (κ3) is 4.18. The number of esters is 1. The van der Waals surface area contributed by atoms with Crippen molar-refractivity contribution < 1.29 is 14.3 Å². The Kier molecular flexibility index (Phi) is 5.65. The van der Waals surface area contributed by atoms with Gasteiger partial charge in [0.05, 0.1) is 16.5 Å². The van der Waals surface area contributed by atoms with Gasteiger partial charge in [-0.1, -0.05) is 13.3 Å². The second-order valence-electron chi connectivity index (χ2n) is 8.19. The van der Waals surface area contributed by atoms with Crippen LogP contribution in [0.25, 0.3) is 10.9 Å². The van der Waals surface area contributed by atoms with Gasteiger partial charge in [-0.25, -0.2) is 9.78 Å². The molecule has 0 radical (unpaired) electrons. The van der Waals surface area contributed by atoms with E-state index in [0.717, 1.165) is 50.9 Å². The predicted octanol–water partition coefficient (Wildman–Crippen LogP) is 2.54. The molecule has 1 atom stereocenters. The molecule has 2 aromatic rings. The number of fused-ring (bicyclic) bond motifs is 2. The van der Waals surface area contributed by atoms with E-state index < -0.39 is 5.97 Å². The summed E-state index contributed by atoms with van der Waals surface area (Å²) >= 11 is 0. The maximum Gasteiger partial charge on any atom is 0.338 e. The lowest BCUT2D eigenvalue weighted by atomic mass is 10.0. The molecular weight excluding hydrogens is 370 g/mol. The number of likely N-dealkylation sites (tertiary alicyclic amines) is 1. The number of benzene rings is 1. The first-order valence-corrected chi connectivity index (χ1v) is 10.5. The number of aromatic nitrogens is 2. The normalized spacial score (nSPS) is 19.5. The molecule has 7 nitrogen and oxygen atoms in total. The molecule has 0 saturated carbocycles. The summed E-state index contributed by atoms with van der Waals surface area (Å²) < 4.78 is 7.00. The monoisotopic (exact) mass is 397 g/mol. The van der Waals surface area contributed by atoms with Crippen molar-refractivity contribution >= 4 is 22.8 Å². The molecule has 0 bridgehead atoms. The fraction of sp³-hybridized carbons (Fsp3) is 0.545. The van der Waals surface area contributed by atoms with E-state index in [1.165, 1.54) is 0 Å². The van der Waals surface area contributed by atoms with Gasteiger partial charge in [0, 0.05) is 26.1 Å². The molecule has 154 valence electrons. The summed E-state index contributed by atoms with van der Waals surface area (Å²) in [5, 5.41) is 0.505. The van der Waals surface area contributed by atoms with Crippen molar-refractivity contribution in [3.63, 3.8) is 0 Å². The molecule has 2 aliphatic heterocycles.